The molecule has 0 N–H and O–H groups in total. The molecule has 1 heterocycles. The molecule has 0 unspecified atom stereocenters. The molecule has 1 aliphatic heterocycles. The van der Waals surface area contributed by atoms with Gasteiger partial charge in [-0.1, -0.05) is 13.8 Å². The van der Waals surface area contributed by atoms with E-state index in [1.807, 2.05) is 25.8 Å². The van der Waals surface area contributed by atoms with Gasteiger partial charge in [-0.25, -0.2) is 0 Å². The zero-order chi connectivity index (χ0) is 13.7. The molecule has 0 spiro atoms. The first-order valence-corrected chi connectivity index (χ1v) is 7.13. The summed E-state index contributed by atoms with van der Waals surface area (Å²) in [5, 5.41) is 0. The van der Waals surface area contributed by atoms with Crippen LogP contribution in [0.3, 0.4) is 0 Å². The van der Waals surface area contributed by atoms with Gasteiger partial charge in [0.05, 0.1) is 0 Å². The summed E-state index contributed by atoms with van der Waals surface area (Å²) in [4.78, 5) is 18.6. The molecule has 1 aliphatic rings. The van der Waals surface area contributed by atoms with Crippen molar-refractivity contribution in [1.82, 2.24) is 14.7 Å². The van der Waals surface area contributed by atoms with E-state index in [9.17, 15) is 4.79 Å². The summed E-state index contributed by atoms with van der Waals surface area (Å²) in [7, 11) is 1.91. The van der Waals surface area contributed by atoms with Crippen LogP contribution >= 0.6 is 0 Å². The molecule has 4 heteroatoms. The third-order valence-corrected chi connectivity index (χ3v) is 3.76. The Bertz CT molecular complexity index is 258. The predicted octanol–water partition coefficient (Wildman–Crippen LogP) is 1.13. The lowest BCUT2D eigenvalue weighted by atomic mass is 10.2. The molecule has 18 heavy (non-hydrogen) atoms. The minimum absolute atomic E-state index is 0.104. The van der Waals surface area contributed by atoms with Crippen molar-refractivity contribution in [2.24, 2.45) is 5.92 Å². The Kier molecular flexibility index (Phi) is 6.09. The van der Waals surface area contributed by atoms with Crippen molar-refractivity contribution >= 4 is 5.91 Å². The topological polar surface area (TPSA) is 26.8 Å². The van der Waals surface area contributed by atoms with Gasteiger partial charge in [0.15, 0.2) is 0 Å². The highest BCUT2D eigenvalue weighted by atomic mass is 16.2. The van der Waals surface area contributed by atoms with E-state index >= 15 is 0 Å². The van der Waals surface area contributed by atoms with Crippen LogP contribution in [0.4, 0.5) is 0 Å². The zero-order valence-electron chi connectivity index (χ0n) is 12.6. The Morgan fingerprint density at radius 3 is 2.11 bits per heavy atom. The minimum atomic E-state index is 0.104. The number of likely N-dealkylation sites (N-methyl/N-ethyl adjacent to an activating group) is 1. The number of nitrogens with zero attached hydrogens (tertiary/aromatic N) is 3. The Morgan fingerprint density at radius 1 is 1.11 bits per heavy atom. The molecule has 1 saturated heterocycles. The maximum absolute atomic E-state index is 11.8. The van der Waals surface area contributed by atoms with E-state index in [2.05, 4.69) is 23.6 Å². The van der Waals surface area contributed by atoms with Crippen LogP contribution in [0.25, 0.3) is 0 Å². The van der Waals surface area contributed by atoms with Gasteiger partial charge in [0.25, 0.3) is 0 Å². The maximum Gasteiger partial charge on any atom is 0.224 e. The van der Waals surface area contributed by atoms with E-state index in [0.717, 1.165) is 39.3 Å². The van der Waals surface area contributed by atoms with Crippen molar-refractivity contribution in [3.8, 4) is 0 Å². The first-order valence-electron chi connectivity index (χ1n) is 7.13. The molecule has 106 valence electrons. The van der Waals surface area contributed by atoms with E-state index in [0.29, 0.717) is 6.04 Å². The lowest BCUT2D eigenvalue weighted by Gasteiger charge is -2.37. The van der Waals surface area contributed by atoms with Crippen LogP contribution in [0, 0.1) is 5.92 Å². The average Bonchev–Trinajstić information content (AvgIpc) is 2.35. The molecular weight excluding hydrogens is 226 g/mol. The zero-order valence-corrected chi connectivity index (χ0v) is 12.6. The number of amides is 1. The van der Waals surface area contributed by atoms with Crippen molar-refractivity contribution in [2.75, 3.05) is 46.3 Å². The fourth-order valence-corrected chi connectivity index (χ4v) is 2.35. The third kappa shape index (κ3) is 4.58. The number of carbonyl (C=O) groups excluding carboxylic acids is 1. The van der Waals surface area contributed by atoms with Gasteiger partial charge in [-0.3, -0.25) is 14.6 Å². The van der Waals surface area contributed by atoms with E-state index in [-0.39, 0.29) is 11.8 Å². The van der Waals surface area contributed by atoms with Gasteiger partial charge in [0.1, 0.15) is 0 Å². The molecule has 0 radical (unpaired) electrons. The van der Waals surface area contributed by atoms with E-state index in [4.69, 9.17) is 0 Å². The summed E-state index contributed by atoms with van der Waals surface area (Å²) in [5.74, 6) is 0.351. The Labute approximate surface area is 112 Å². The largest absolute Gasteiger partial charge is 0.344 e. The van der Waals surface area contributed by atoms with Crippen LogP contribution in [-0.2, 0) is 4.79 Å². The number of piperazine rings is 1. The van der Waals surface area contributed by atoms with E-state index in [1.165, 1.54) is 0 Å². The number of rotatable bonds is 5. The van der Waals surface area contributed by atoms with Crippen LogP contribution in [0.5, 0.6) is 0 Å². The second kappa shape index (κ2) is 7.10. The highest BCUT2D eigenvalue weighted by Gasteiger charge is 2.19. The van der Waals surface area contributed by atoms with Gasteiger partial charge < -0.3 is 4.90 Å². The van der Waals surface area contributed by atoms with E-state index in [1.54, 1.807) is 0 Å². The smallest absolute Gasteiger partial charge is 0.224 e. The summed E-state index contributed by atoms with van der Waals surface area (Å²) < 4.78 is 0. The van der Waals surface area contributed by atoms with Crippen LogP contribution in [0.2, 0.25) is 0 Å². The molecule has 0 aliphatic carbocycles. The first kappa shape index (κ1) is 15.4. The molecule has 4 nitrogen and oxygen atoms in total. The average molecular weight is 255 g/mol. The summed E-state index contributed by atoms with van der Waals surface area (Å²) in [6.07, 6.45) is 0. The number of hydrogen-bond donors (Lipinski definition) is 0. The van der Waals surface area contributed by atoms with Crippen molar-refractivity contribution in [3.63, 3.8) is 0 Å². The monoisotopic (exact) mass is 255 g/mol. The molecule has 0 atom stereocenters. The van der Waals surface area contributed by atoms with Crippen LogP contribution in [-0.4, -0.2) is 73.0 Å². The summed E-state index contributed by atoms with van der Waals surface area (Å²) in [6.45, 7) is 14.8. The Morgan fingerprint density at radius 2 is 1.67 bits per heavy atom. The SMILES string of the molecule is CC(C)C(=O)N(C)CCN1CCN(C(C)C)CC1. The van der Waals surface area contributed by atoms with E-state index < -0.39 is 0 Å². The number of carbonyl (C=O) groups is 1. The van der Waals surface area contributed by atoms with Crippen molar-refractivity contribution in [1.29, 1.82) is 0 Å². The molecule has 0 aromatic heterocycles. The van der Waals surface area contributed by atoms with Crippen molar-refractivity contribution in [2.45, 2.75) is 33.7 Å². The molecule has 0 saturated carbocycles. The molecule has 1 fully saturated rings. The lowest BCUT2D eigenvalue weighted by molar-refractivity contribution is -0.133. The van der Waals surface area contributed by atoms with Crippen molar-refractivity contribution in [3.05, 3.63) is 0 Å². The Balaban J connectivity index is 2.24. The highest BCUT2D eigenvalue weighted by molar-refractivity contribution is 5.77. The molecule has 0 bridgehead atoms. The molecule has 0 aromatic rings. The normalized spacial score (nSPS) is 18.6. The maximum atomic E-state index is 11.8. The molecule has 1 rings (SSSR count). The fraction of sp³-hybridized carbons (Fsp3) is 0.929. The molecular formula is C14H29N3O. The minimum Gasteiger partial charge on any atom is -0.344 e. The molecule has 1 amide bonds. The lowest BCUT2D eigenvalue weighted by Crippen LogP contribution is -2.50. The summed E-state index contributed by atoms with van der Waals surface area (Å²) in [6, 6.07) is 0.650. The third-order valence-electron chi connectivity index (χ3n) is 3.76. The van der Waals surface area contributed by atoms with Crippen molar-refractivity contribution < 1.29 is 4.79 Å². The predicted molar refractivity (Wildman–Crippen MR) is 75.6 cm³/mol. The fourth-order valence-electron chi connectivity index (χ4n) is 2.35. The van der Waals surface area contributed by atoms with Gasteiger partial charge in [-0.05, 0) is 13.8 Å². The highest BCUT2D eigenvalue weighted by Crippen LogP contribution is 2.06. The quantitative estimate of drug-likeness (QED) is 0.737. The second-order valence-electron chi connectivity index (χ2n) is 5.89. The first-order chi connectivity index (χ1) is 8.41. The standard InChI is InChI=1S/C14H29N3O/c1-12(2)14(18)15(5)6-7-16-8-10-17(11-9-16)13(3)4/h12-13H,6-11H2,1-5H3. The summed E-state index contributed by atoms with van der Waals surface area (Å²) in [5.41, 5.74) is 0. The molecule has 0 aromatic carbocycles. The summed E-state index contributed by atoms with van der Waals surface area (Å²) >= 11 is 0. The van der Waals surface area contributed by atoms with Crippen LogP contribution in [0.1, 0.15) is 27.7 Å². The second-order valence-corrected chi connectivity index (χ2v) is 5.89. The van der Waals surface area contributed by atoms with Gasteiger partial charge in [0.2, 0.25) is 5.91 Å². The number of hydrogen-bond acceptors (Lipinski definition) is 3. The van der Waals surface area contributed by atoms with Crippen LogP contribution in [0.15, 0.2) is 0 Å². The Hall–Kier alpha value is -0.610. The van der Waals surface area contributed by atoms with Gasteiger partial charge >= 0.3 is 0 Å². The van der Waals surface area contributed by atoms with Crippen LogP contribution < -0.4 is 0 Å². The van der Waals surface area contributed by atoms with Gasteiger partial charge in [-0.15, -0.1) is 0 Å². The van der Waals surface area contributed by atoms with Gasteiger partial charge in [-0.2, -0.15) is 0 Å². The van der Waals surface area contributed by atoms with Gasteiger partial charge in [0, 0.05) is 58.3 Å².